The van der Waals surface area contributed by atoms with Crippen LogP contribution in [0.25, 0.3) is 0 Å². The van der Waals surface area contributed by atoms with Crippen molar-refractivity contribution in [1.82, 2.24) is 4.98 Å². The van der Waals surface area contributed by atoms with Crippen LogP contribution in [0, 0.1) is 0 Å². The molecule has 0 fully saturated rings. The van der Waals surface area contributed by atoms with Gasteiger partial charge in [-0.15, -0.1) is 23.4 Å². The molecule has 0 aliphatic rings. The summed E-state index contributed by atoms with van der Waals surface area (Å²) in [7, 11) is 0. The van der Waals surface area contributed by atoms with Gasteiger partial charge in [0.25, 0.3) is 0 Å². The van der Waals surface area contributed by atoms with Crippen molar-refractivity contribution in [2.75, 3.05) is 12.5 Å². The lowest BCUT2D eigenvalue weighted by Crippen LogP contribution is -1.99. The maximum absolute atomic E-state index is 5.69. The van der Waals surface area contributed by atoms with Gasteiger partial charge in [0, 0.05) is 17.2 Å². The summed E-state index contributed by atoms with van der Waals surface area (Å²) in [5.74, 6) is 1.39. The molecule has 0 aromatic carbocycles. The molecule has 0 aliphatic carbocycles. The molecule has 4 heteroatoms. The number of aromatic nitrogens is 1. The van der Waals surface area contributed by atoms with Crippen LogP contribution in [0.3, 0.4) is 0 Å². The molecule has 0 aliphatic heterocycles. The second-order valence-corrected chi connectivity index (χ2v) is 4.99. The van der Waals surface area contributed by atoms with Crippen LogP contribution in [0.1, 0.15) is 20.3 Å². The molecule has 0 amide bonds. The molecule has 1 atom stereocenters. The van der Waals surface area contributed by atoms with Gasteiger partial charge in [-0.2, -0.15) is 0 Å². The van der Waals surface area contributed by atoms with Crippen molar-refractivity contribution in [3.05, 3.63) is 18.2 Å². The molecule has 0 spiro atoms. The second-order valence-electron chi connectivity index (χ2n) is 3.15. The van der Waals surface area contributed by atoms with Gasteiger partial charge in [-0.05, 0) is 19.4 Å². The Morgan fingerprint density at radius 2 is 2.33 bits per heavy atom. The predicted octanol–water partition coefficient (Wildman–Crippen LogP) is 3.59. The molecule has 1 heterocycles. The minimum absolute atomic E-state index is 0.492. The highest BCUT2D eigenvalue weighted by atomic mass is 35.5. The maximum atomic E-state index is 5.69. The molecule has 0 N–H and O–H groups in total. The molecule has 84 valence electrons. The quantitative estimate of drug-likeness (QED) is 0.565. The SMILES string of the molecule is CCOc1cccc(SC(C)CCCl)n1. The highest BCUT2D eigenvalue weighted by molar-refractivity contribution is 7.99. The zero-order valence-corrected chi connectivity index (χ0v) is 10.6. The first kappa shape index (κ1) is 12.7. The minimum Gasteiger partial charge on any atom is -0.478 e. The summed E-state index contributed by atoms with van der Waals surface area (Å²) in [6.45, 7) is 4.76. The van der Waals surface area contributed by atoms with E-state index in [1.165, 1.54) is 0 Å². The fourth-order valence-electron chi connectivity index (χ4n) is 1.11. The molecule has 15 heavy (non-hydrogen) atoms. The molecule has 2 nitrogen and oxygen atoms in total. The molecular formula is C11H16ClNOS. The minimum atomic E-state index is 0.492. The van der Waals surface area contributed by atoms with Gasteiger partial charge >= 0.3 is 0 Å². The third kappa shape index (κ3) is 4.76. The van der Waals surface area contributed by atoms with Crippen LogP contribution in [0.5, 0.6) is 5.88 Å². The summed E-state index contributed by atoms with van der Waals surface area (Å²) in [4.78, 5) is 4.38. The van der Waals surface area contributed by atoms with Crippen LogP contribution in [0.4, 0.5) is 0 Å². The van der Waals surface area contributed by atoms with E-state index in [1.54, 1.807) is 11.8 Å². The van der Waals surface area contributed by atoms with Gasteiger partial charge in [0.05, 0.1) is 6.61 Å². The summed E-state index contributed by atoms with van der Waals surface area (Å²) in [5, 5.41) is 1.49. The standard InChI is InChI=1S/C11H16ClNOS/c1-3-14-10-5-4-6-11(13-10)15-9(2)7-8-12/h4-6,9H,3,7-8H2,1-2H3. The smallest absolute Gasteiger partial charge is 0.214 e. The van der Waals surface area contributed by atoms with E-state index in [9.17, 15) is 0 Å². The number of alkyl halides is 1. The average Bonchev–Trinajstić information content (AvgIpc) is 2.19. The topological polar surface area (TPSA) is 22.1 Å². The van der Waals surface area contributed by atoms with Gasteiger partial charge in [-0.3, -0.25) is 0 Å². The van der Waals surface area contributed by atoms with E-state index in [0.717, 1.165) is 11.4 Å². The largest absolute Gasteiger partial charge is 0.478 e. The number of ether oxygens (including phenoxy) is 1. The van der Waals surface area contributed by atoms with E-state index in [-0.39, 0.29) is 0 Å². The lowest BCUT2D eigenvalue weighted by molar-refractivity contribution is 0.324. The molecule has 0 bridgehead atoms. The first-order valence-corrected chi connectivity index (χ1v) is 6.50. The lowest BCUT2D eigenvalue weighted by atomic mass is 10.4. The van der Waals surface area contributed by atoms with Gasteiger partial charge in [-0.25, -0.2) is 4.98 Å². The Kier molecular flexibility index (Phi) is 5.88. The van der Waals surface area contributed by atoms with Gasteiger partial charge in [0.1, 0.15) is 5.03 Å². The zero-order valence-electron chi connectivity index (χ0n) is 9.07. The number of pyridine rings is 1. The van der Waals surface area contributed by atoms with E-state index >= 15 is 0 Å². The number of hydrogen-bond donors (Lipinski definition) is 0. The Morgan fingerprint density at radius 1 is 1.53 bits per heavy atom. The van der Waals surface area contributed by atoms with E-state index in [0.29, 0.717) is 23.6 Å². The van der Waals surface area contributed by atoms with Crippen molar-refractivity contribution in [2.45, 2.75) is 30.5 Å². The highest BCUT2D eigenvalue weighted by Gasteiger charge is 2.05. The van der Waals surface area contributed by atoms with Crippen LogP contribution in [0.15, 0.2) is 23.2 Å². The monoisotopic (exact) mass is 245 g/mol. The summed E-state index contributed by atoms with van der Waals surface area (Å²) in [6.07, 6.45) is 0.993. The first-order valence-electron chi connectivity index (χ1n) is 5.08. The van der Waals surface area contributed by atoms with E-state index in [1.807, 2.05) is 25.1 Å². The molecule has 1 rings (SSSR count). The average molecular weight is 246 g/mol. The van der Waals surface area contributed by atoms with Crippen molar-refractivity contribution < 1.29 is 4.74 Å². The number of rotatable bonds is 6. The summed E-state index contributed by atoms with van der Waals surface area (Å²) in [5.41, 5.74) is 0. The normalized spacial score (nSPS) is 12.5. The summed E-state index contributed by atoms with van der Waals surface area (Å²) >= 11 is 7.42. The van der Waals surface area contributed by atoms with Crippen LogP contribution in [-0.2, 0) is 0 Å². The Balaban J connectivity index is 2.56. The molecule has 0 saturated heterocycles. The van der Waals surface area contributed by atoms with Crippen molar-refractivity contribution in [3.63, 3.8) is 0 Å². The zero-order chi connectivity index (χ0) is 11.1. The van der Waals surface area contributed by atoms with E-state index in [4.69, 9.17) is 16.3 Å². The number of thioether (sulfide) groups is 1. The summed E-state index contributed by atoms with van der Waals surface area (Å²) in [6, 6.07) is 5.84. The molecule has 0 radical (unpaired) electrons. The van der Waals surface area contributed by atoms with Crippen molar-refractivity contribution in [1.29, 1.82) is 0 Å². The van der Waals surface area contributed by atoms with Crippen LogP contribution in [0.2, 0.25) is 0 Å². The fourth-order valence-corrected chi connectivity index (χ4v) is 2.51. The number of halogens is 1. The number of nitrogens with zero attached hydrogens (tertiary/aromatic N) is 1. The third-order valence-corrected chi connectivity index (χ3v) is 3.15. The third-order valence-electron chi connectivity index (χ3n) is 1.83. The van der Waals surface area contributed by atoms with Crippen molar-refractivity contribution in [3.8, 4) is 5.88 Å². The van der Waals surface area contributed by atoms with Crippen LogP contribution in [-0.4, -0.2) is 22.7 Å². The maximum Gasteiger partial charge on any atom is 0.214 e. The molecule has 1 aromatic rings. The van der Waals surface area contributed by atoms with Gasteiger partial charge in [0.2, 0.25) is 5.88 Å². The van der Waals surface area contributed by atoms with Crippen LogP contribution < -0.4 is 4.74 Å². The van der Waals surface area contributed by atoms with Gasteiger partial charge < -0.3 is 4.74 Å². The Hall–Kier alpha value is -0.410. The van der Waals surface area contributed by atoms with Crippen LogP contribution >= 0.6 is 23.4 Å². The molecule has 1 aromatic heterocycles. The Bertz CT molecular complexity index is 296. The highest BCUT2D eigenvalue weighted by Crippen LogP contribution is 2.25. The number of hydrogen-bond acceptors (Lipinski definition) is 3. The fraction of sp³-hybridized carbons (Fsp3) is 0.545. The Morgan fingerprint density at radius 3 is 3.00 bits per heavy atom. The van der Waals surface area contributed by atoms with Crippen molar-refractivity contribution >= 4 is 23.4 Å². The lowest BCUT2D eigenvalue weighted by Gasteiger charge is -2.09. The van der Waals surface area contributed by atoms with Crippen molar-refractivity contribution in [2.24, 2.45) is 0 Å². The van der Waals surface area contributed by atoms with E-state index in [2.05, 4.69) is 11.9 Å². The molecular weight excluding hydrogens is 230 g/mol. The van der Waals surface area contributed by atoms with E-state index < -0.39 is 0 Å². The molecule has 1 unspecified atom stereocenters. The molecule has 0 saturated carbocycles. The second kappa shape index (κ2) is 6.96. The first-order chi connectivity index (χ1) is 7.26. The predicted molar refractivity (Wildman–Crippen MR) is 66.1 cm³/mol. The van der Waals surface area contributed by atoms with Gasteiger partial charge in [0.15, 0.2) is 0 Å². The van der Waals surface area contributed by atoms with Gasteiger partial charge in [-0.1, -0.05) is 13.0 Å². The Labute approximate surface area is 100 Å². The summed E-state index contributed by atoms with van der Waals surface area (Å²) < 4.78 is 5.34.